The predicted molar refractivity (Wildman–Crippen MR) is 322 cm³/mol. The maximum Gasteiger partial charge on any atom is 0.253 e. The van der Waals surface area contributed by atoms with Gasteiger partial charge in [0.1, 0.15) is 16.6 Å². The summed E-state index contributed by atoms with van der Waals surface area (Å²) in [4.78, 5) is 58.4. The fourth-order valence-electron chi connectivity index (χ4n) is 13.3. The summed E-state index contributed by atoms with van der Waals surface area (Å²) in [5.41, 5.74) is 13.4. The Morgan fingerprint density at radius 3 is 0.901 bits per heavy atom. The number of hydrogen-bond donors (Lipinski definition) is 6. The van der Waals surface area contributed by atoms with Crippen molar-refractivity contribution in [3.63, 3.8) is 0 Å². The van der Waals surface area contributed by atoms with Crippen molar-refractivity contribution in [1.29, 1.82) is 0 Å². The number of para-hydroxylation sites is 3. The molecule has 3 fully saturated rings. The molecule has 15 rings (SSSR count). The van der Waals surface area contributed by atoms with Crippen LogP contribution in [0.25, 0.3) is 16.7 Å². The van der Waals surface area contributed by atoms with Crippen LogP contribution in [-0.2, 0) is 33.6 Å². The largest absolute Gasteiger partial charge is 0.396 e. The highest BCUT2D eigenvalue weighted by Gasteiger charge is 2.59. The third-order valence-electron chi connectivity index (χ3n) is 17.9. The standard InChI is InChI=1S/3C22H21N3O2/c3*26-14-18-13-25(19-7-5-15(6-8-19)17-9-10-23-12-17)21(27)22(18)11-16-3-1-2-4-20(16)24-22/h3*1-9,12,18,24,26H,10-11,13-14H2/t2*18?,22-;/m10./s1. The number of nitrogens with zero attached hydrogens (tertiary/aromatic N) is 6. The quantitative estimate of drug-likeness (QED) is 0.0848. The first kappa shape index (κ1) is 51.7. The number of aliphatic imine (C=N–C) groups is 3. The first-order chi connectivity index (χ1) is 39.6. The van der Waals surface area contributed by atoms with Gasteiger partial charge in [-0.3, -0.25) is 29.4 Å². The molecule has 0 aliphatic carbocycles. The van der Waals surface area contributed by atoms with Crippen molar-refractivity contribution in [1.82, 2.24) is 0 Å². The number of fused-ring (bicyclic) bond motifs is 3. The average molecular weight is 1080 g/mol. The van der Waals surface area contributed by atoms with Crippen molar-refractivity contribution in [2.24, 2.45) is 32.7 Å². The summed E-state index contributed by atoms with van der Waals surface area (Å²) < 4.78 is 0. The summed E-state index contributed by atoms with van der Waals surface area (Å²) in [7, 11) is 0. The van der Waals surface area contributed by atoms with Crippen molar-refractivity contribution < 1.29 is 29.7 Å². The van der Waals surface area contributed by atoms with Gasteiger partial charge < -0.3 is 46.0 Å². The lowest BCUT2D eigenvalue weighted by Crippen LogP contribution is -2.50. The highest BCUT2D eigenvalue weighted by atomic mass is 16.3. The summed E-state index contributed by atoms with van der Waals surface area (Å²) in [6, 6.07) is 48.1. The number of carbonyl (C=O) groups is 3. The van der Waals surface area contributed by atoms with Gasteiger partial charge in [-0.15, -0.1) is 0 Å². The monoisotopic (exact) mass is 1080 g/mol. The lowest BCUT2D eigenvalue weighted by molar-refractivity contribution is -0.122. The van der Waals surface area contributed by atoms with Crippen LogP contribution in [0.4, 0.5) is 34.1 Å². The Morgan fingerprint density at radius 2 is 0.667 bits per heavy atom. The highest BCUT2D eigenvalue weighted by Crippen LogP contribution is 2.47. The summed E-state index contributed by atoms with van der Waals surface area (Å²) in [6.45, 7) is 3.66. The highest BCUT2D eigenvalue weighted by molar-refractivity contribution is 6.14. The Balaban J connectivity index is 0.000000114. The Bertz CT molecular complexity index is 3190. The molecule has 9 aliphatic heterocycles. The molecule has 81 heavy (non-hydrogen) atoms. The van der Waals surface area contributed by atoms with Gasteiger partial charge in [0.25, 0.3) is 17.7 Å². The van der Waals surface area contributed by atoms with E-state index >= 15 is 0 Å². The fraction of sp³-hybridized carbons (Fsp3) is 0.273. The number of amides is 3. The van der Waals surface area contributed by atoms with Gasteiger partial charge in [-0.2, -0.15) is 0 Å². The van der Waals surface area contributed by atoms with Gasteiger partial charge >= 0.3 is 0 Å². The number of nitrogens with one attached hydrogen (secondary N) is 3. The number of rotatable bonds is 9. The number of benzene rings is 6. The zero-order chi connectivity index (χ0) is 55.3. The molecule has 0 bridgehead atoms. The minimum absolute atomic E-state index is 0.0232. The third-order valence-corrected chi connectivity index (χ3v) is 17.9. The summed E-state index contributed by atoms with van der Waals surface area (Å²) in [6.07, 6.45) is 13.8. The van der Waals surface area contributed by atoms with Gasteiger partial charge in [0, 0.05) is 109 Å². The number of aliphatic hydroxyl groups excluding tert-OH is 3. The van der Waals surface area contributed by atoms with Gasteiger partial charge in [0.15, 0.2) is 0 Å². The maximum atomic E-state index is 13.4. The molecule has 9 aliphatic rings. The van der Waals surface area contributed by atoms with Crippen LogP contribution in [0.5, 0.6) is 0 Å². The minimum Gasteiger partial charge on any atom is -0.396 e. The molecule has 9 heterocycles. The average Bonchev–Trinajstić information content (AvgIpc) is 4.40. The molecule has 3 saturated heterocycles. The summed E-state index contributed by atoms with van der Waals surface area (Å²) in [5.74, 6) is -0.350. The Hall–Kier alpha value is -8.76. The van der Waals surface area contributed by atoms with Gasteiger partial charge in [0.05, 0.1) is 39.5 Å². The van der Waals surface area contributed by atoms with Gasteiger partial charge in [-0.1, -0.05) is 109 Å². The SMILES string of the molecule is O=C1N(c2ccc(C3=CCN=C3)cc2)CC(CO)C12Cc1ccccc1N2.O=C1N(c2ccc(C3=CCN=C3)cc2)CC(CO)[C@@]12Cc1ccccc1N2.O=C1N(c2ccc(C3=CCN=C3)cc2)CC(CO)[C@]12Cc1ccccc1N2. The van der Waals surface area contributed by atoms with Crippen LogP contribution in [0.2, 0.25) is 0 Å². The van der Waals surface area contributed by atoms with Gasteiger partial charge in [-0.25, -0.2) is 0 Å². The summed E-state index contributed by atoms with van der Waals surface area (Å²) in [5, 5.41) is 40.3. The third kappa shape index (κ3) is 8.96. The topological polar surface area (TPSA) is 195 Å². The van der Waals surface area contributed by atoms with E-state index in [9.17, 15) is 29.7 Å². The molecule has 0 saturated carbocycles. The minimum atomic E-state index is -0.752. The normalized spacial score (nSPS) is 25.8. The van der Waals surface area contributed by atoms with E-state index in [0.717, 1.165) is 104 Å². The van der Waals surface area contributed by atoms with Crippen LogP contribution in [0.3, 0.4) is 0 Å². The van der Waals surface area contributed by atoms with E-state index in [1.165, 1.54) is 0 Å². The first-order valence-corrected chi connectivity index (χ1v) is 27.9. The molecule has 6 aromatic rings. The second kappa shape index (κ2) is 21.0. The van der Waals surface area contributed by atoms with Gasteiger partial charge in [-0.05, 0) is 105 Å². The number of aliphatic hydroxyl groups is 3. The second-order valence-corrected chi connectivity index (χ2v) is 22.3. The zero-order valence-electron chi connectivity index (χ0n) is 44.8. The van der Waals surface area contributed by atoms with E-state index in [0.29, 0.717) is 38.9 Å². The Kier molecular flexibility index (Phi) is 13.4. The van der Waals surface area contributed by atoms with Crippen LogP contribution in [0.1, 0.15) is 33.4 Å². The molecule has 6 aromatic carbocycles. The maximum absolute atomic E-state index is 13.4. The molecule has 4 unspecified atom stereocenters. The van der Waals surface area contributed by atoms with Crippen LogP contribution >= 0.6 is 0 Å². The fourth-order valence-corrected chi connectivity index (χ4v) is 13.3. The lowest BCUT2D eigenvalue weighted by Gasteiger charge is -2.28. The molecule has 0 radical (unpaired) electrons. The molecule has 15 nitrogen and oxygen atoms in total. The summed E-state index contributed by atoms with van der Waals surface area (Å²) >= 11 is 0. The second-order valence-electron chi connectivity index (χ2n) is 22.3. The number of anilines is 6. The van der Waals surface area contributed by atoms with Crippen LogP contribution < -0.4 is 30.7 Å². The van der Waals surface area contributed by atoms with Crippen molar-refractivity contribution in [2.45, 2.75) is 35.9 Å². The zero-order valence-corrected chi connectivity index (χ0v) is 44.8. The number of carbonyl (C=O) groups excluding carboxylic acids is 3. The van der Waals surface area contributed by atoms with E-state index in [1.54, 1.807) is 14.7 Å². The Labute approximate surface area is 470 Å². The molecule has 15 heteroatoms. The molecule has 6 atom stereocenters. The van der Waals surface area contributed by atoms with E-state index < -0.39 is 16.6 Å². The molecule has 6 N–H and O–H groups in total. The van der Waals surface area contributed by atoms with Crippen LogP contribution in [0, 0.1) is 17.8 Å². The van der Waals surface area contributed by atoms with Crippen molar-refractivity contribution in [3.05, 3.63) is 197 Å². The smallest absolute Gasteiger partial charge is 0.253 e. The van der Waals surface area contributed by atoms with Crippen molar-refractivity contribution in [3.8, 4) is 0 Å². The van der Waals surface area contributed by atoms with E-state index in [1.807, 2.05) is 164 Å². The van der Waals surface area contributed by atoms with Crippen LogP contribution in [0.15, 0.2) is 179 Å². The van der Waals surface area contributed by atoms with Crippen molar-refractivity contribution in [2.75, 3.05) is 89.7 Å². The Morgan fingerprint density at radius 1 is 0.395 bits per heavy atom. The van der Waals surface area contributed by atoms with E-state index in [-0.39, 0.29) is 55.3 Å². The van der Waals surface area contributed by atoms with E-state index in [2.05, 4.69) is 49.2 Å². The van der Waals surface area contributed by atoms with Gasteiger partial charge in [0.2, 0.25) is 0 Å². The molecule has 3 spiro atoms. The molecular formula is C66H63N9O6. The molecule has 3 amide bonds. The molecule has 0 aromatic heterocycles. The van der Waals surface area contributed by atoms with Crippen LogP contribution in [-0.4, -0.2) is 127 Å². The number of allylic oxidation sites excluding steroid dienone is 3. The molecule has 408 valence electrons. The molecular weight excluding hydrogens is 1010 g/mol. The predicted octanol–water partition coefficient (Wildman–Crippen LogP) is 7.55. The first-order valence-electron chi connectivity index (χ1n) is 27.9. The number of hydrogen-bond acceptors (Lipinski definition) is 12. The van der Waals surface area contributed by atoms with E-state index in [4.69, 9.17) is 0 Å². The lowest BCUT2D eigenvalue weighted by atomic mass is 9.84. The van der Waals surface area contributed by atoms with Crippen molar-refractivity contribution >= 4 is 87.2 Å².